The van der Waals surface area contributed by atoms with E-state index in [0.717, 1.165) is 16.7 Å². The van der Waals surface area contributed by atoms with Crippen molar-refractivity contribution in [2.75, 3.05) is 5.75 Å². The maximum atomic E-state index is 14.7. The Balaban J connectivity index is 2.71. The van der Waals surface area contributed by atoms with E-state index in [1.807, 2.05) is 83.1 Å². The molecule has 10 heteroatoms. The standard InChI is InChI=1S/C36H53N3O6S/c1-12-36(10,11)39(31(41)28(22-46)38-33(43)45-35(7,8)9)29(26-20-23(2)18-19-24(26)3)30(40)37-27(32(42)44-34(4,5)6)21-25-16-14-13-15-17-25/h13-20,27-29,46H,12,21-22H2,1-11H3,(H,37,40)(H,38,43). The van der Waals surface area contributed by atoms with Gasteiger partial charge in [0.1, 0.15) is 29.3 Å². The Kier molecular flexibility index (Phi) is 13.3. The van der Waals surface area contributed by atoms with Crippen LogP contribution in [0.1, 0.15) is 97.0 Å². The van der Waals surface area contributed by atoms with Gasteiger partial charge < -0.3 is 25.0 Å². The summed E-state index contributed by atoms with van der Waals surface area (Å²) >= 11 is 4.40. The number of hydrogen-bond donors (Lipinski definition) is 3. The first-order valence-electron chi connectivity index (χ1n) is 15.8. The molecule has 0 saturated heterocycles. The Bertz CT molecular complexity index is 1360. The van der Waals surface area contributed by atoms with Crippen molar-refractivity contribution in [3.8, 4) is 0 Å². The van der Waals surface area contributed by atoms with Crippen LogP contribution in [0.3, 0.4) is 0 Å². The fraction of sp³-hybridized carbons (Fsp3) is 0.556. The average Bonchev–Trinajstić information content (AvgIpc) is 2.93. The Labute approximate surface area is 280 Å². The number of thiol groups is 1. The first-order chi connectivity index (χ1) is 21.2. The summed E-state index contributed by atoms with van der Waals surface area (Å²) in [4.78, 5) is 57.0. The summed E-state index contributed by atoms with van der Waals surface area (Å²) < 4.78 is 11.2. The third kappa shape index (κ3) is 11.4. The van der Waals surface area contributed by atoms with E-state index in [4.69, 9.17) is 9.47 Å². The van der Waals surface area contributed by atoms with Crippen LogP contribution in [0.15, 0.2) is 48.5 Å². The predicted octanol–water partition coefficient (Wildman–Crippen LogP) is 6.25. The first kappa shape index (κ1) is 38.7. The number of esters is 1. The molecule has 3 amide bonds. The third-order valence-corrected chi connectivity index (χ3v) is 7.82. The van der Waals surface area contributed by atoms with Crippen molar-refractivity contribution in [3.63, 3.8) is 0 Å². The lowest BCUT2D eigenvalue weighted by Crippen LogP contribution is -2.61. The van der Waals surface area contributed by atoms with Gasteiger partial charge in [-0.1, -0.05) is 61.0 Å². The van der Waals surface area contributed by atoms with Gasteiger partial charge in [0.25, 0.3) is 0 Å². The summed E-state index contributed by atoms with van der Waals surface area (Å²) in [5.74, 6) is -1.68. The van der Waals surface area contributed by atoms with Crippen LogP contribution < -0.4 is 10.6 Å². The molecule has 2 N–H and O–H groups in total. The van der Waals surface area contributed by atoms with E-state index in [1.54, 1.807) is 41.5 Å². The molecule has 0 heterocycles. The number of carbonyl (C=O) groups excluding carboxylic acids is 4. The predicted molar refractivity (Wildman–Crippen MR) is 185 cm³/mol. The smallest absolute Gasteiger partial charge is 0.408 e. The van der Waals surface area contributed by atoms with Crippen LogP contribution in [0.4, 0.5) is 4.79 Å². The topological polar surface area (TPSA) is 114 Å². The van der Waals surface area contributed by atoms with E-state index in [9.17, 15) is 19.2 Å². The van der Waals surface area contributed by atoms with Gasteiger partial charge in [-0.2, -0.15) is 12.6 Å². The summed E-state index contributed by atoms with van der Waals surface area (Å²) in [5.41, 5.74) is 0.675. The first-order valence-corrected chi connectivity index (χ1v) is 16.4. The Morgan fingerprint density at radius 1 is 0.826 bits per heavy atom. The van der Waals surface area contributed by atoms with Gasteiger partial charge in [-0.3, -0.25) is 9.59 Å². The minimum atomic E-state index is -1.16. The highest BCUT2D eigenvalue weighted by atomic mass is 32.1. The number of amides is 3. The number of aryl methyl sites for hydroxylation is 2. The minimum Gasteiger partial charge on any atom is -0.458 e. The number of ether oxygens (including phenoxy) is 2. The van der Waals surface area contributed by atoms with E-state index < -0.39 is 58.7 Å². The molecule has 0 bridgehead atoms. The van der Waals surface area contributed by atoms with E-state index in [0.29, 0.717) is 12.0 Å². The molecule has 3 unspecified atom stereocenters. The molecular formula is C36H53N3O6S. The number of carbonyl (C=O) groups is 4. The van der Waals surface area contributed by atoms with E-state index in [-0.39, 0.29) is 12.2 Å². The van der Waals surface area contributed by atoms with Crippen LogP contribution in [-0.2, 0) is 30.3 Å². The van der Waals surface area contributed by atoms with Crippen molar-refractivity contribution in [2.24, 2.45) is 0 Å². The van der Waals surface area contributed by atoms with E-state index in [1.165, 1.54) is 4.90 Å². The maximum absolute atomic E-state index is 14.7. The van der Waals surface area contributed by atoms with Crippen molar-refractivity contribution in [2.45, 2.75) is 124 Å². The lowest BCUT2D eigenvalue weighted by atomic mass is 9.89. The fourth-order valence-corrected chi connectivity index (χ4v) is 5.11. The number of nitrogens with zero attached hydrogens (tertiary/aromatic N) is 1. The van der Waals surface area contributed by atoms with Crippen LogP contribution in [0.5, 0.6) is 0 Å². The molecule has 254 valence electrons. The number of hydrogen-bond acceptors (Lipinski definition) is 7. The molecule has 2 aromatic carbocycles. The van der Waals surface area contributed by atoms with Gasteiger partial charge in [0.05, 0.1) is 0 Å². The Morgan fingerprint density at radius 2 is 1.41 bits per heavy atom. The average molecular weight is 656 g/mol. The summed E-state index contributed by atoms with van der Waals surface area (Å²) in [5, 5.41) is 5.61. The summed E-state index contributed by atoms with van der Waals surface area (Å²) in [6, 6.07) is 11.8. The molecule has 2 rings (SSSR count). The Morgan fingerprint density at radius 3 is 1.93 bits per heavy atom. The fourth-order valence-electron chi connectivity index (χ4n) is 4.87. The van der Waals surface area contributed by atoms with Gasteiger partial charge in [-0.05, 0) is 92.3 Å². The zero-order chi connectivity index (χ0) is 35.0. The third-order valence-electron chi connectivity index (χ3n) is 7.45. The summed E-state index contributed by atoms with van der Waals surface area (Å²) in [6.45, 7) is 19.9. The highest BCUT2D eigenvalue weighted by Gasteiger charge is 2.44. The highest BCUT2D eigenvalue weighted by Crippen LogP contribution is 2.34. The van der Waals surface area contributed by atoms with Crippen molar-refractivity contribution in [1.29, 1.82) is 0 Å². The zero-order valence-corrected chi connectivity index (χ0v) is 30.2. The van der Waals surface area contributed by atoms with Gasteiger partial charge in [0.15, 0.2) is 0 Å². The number of benzene rings is 2. The molecule has 0 aliphatic rings. The quantitative estimate of drug-likeness (QED) is 0.184. The van der Waals surface area contributed by atoms with Crippen molar-refractivity contribution >= 4 is 36.5 Å². The second-order valence-corrected chi connectivity index (χ2v) is 14.7. The second-order valence-electron chi connectivity index (χ2n) is 14.3. The molecule has 0 aliphatic carbocycles. The molecular weight excluding hydrogens is 602 g/mol. The lowest BCUT2D eigenvalue weighted by Gasteiger charge is -2.45. The van der Waals surface area contributed by atoms with Crippen molar-refractivity contribution in [1.82, 2.24) is 15.5 Å². The molecule has 3 atom stereocenters. The normalized spacial score (nSPS) is 14.0. The van der Waals surface area contributed by atoms with Crippen molar-refractivity contribution < 1.29 is 28.7 Å². The second kappa shape index (κ2) is 15.8. The van der Waals surface area contributed by atoms with Crippen LogP contribution in [0.25, 0.3) is 0 Å². The molecule has 2 aromatic rings. The summed E-state index contributed by atoms with van der Waals surface area (Å²) in [6.07, 6.45) is -0.0979. The van der Waals surface area contributed by atoms with Crippen LogP contribution in [0, 0.1) is 13.8 Å². The van der Waals surface area contributed by atoms with E-state index >= 15 is 0 Å². The van der Waals surface area contributed by atoms with Crippen LogP contribution in [-0.4, -0.2) is 63.4 Å². The Hall–Kier alpha value is -3.53. The van der Waals surface area contributed by atoms with E-state index in [2.05, 4.69) is 23.3 Å². The molecule has 0 aromatic heterocycles. The van der Waals surface area contributed by atoms with Gasteiger partial charge in [0.2, 0.25) is 11.8 Å². The molecule has 46 heavy (non-hydrogen) atoms. The highest BCUT2D eigenvalue weighted by molar-refractivity contribution is 7.80. The number of alkyl carbamates (subject to hydrolysis) is 1. The summed E-state index contributed by atoms with van der Waals surface area (Å²) in [7, 11) is 0. The minimum absolute atomic E-state index is 0.0376. The van der Waals surface area contributed by atoms with Gasteiger partial charge >= 0.3 is 12.1 Å². The van der Waals surface area contributed by atoms with Crippen LogP contribution in [0.2, 0.25) is 0 Å². The van der Waals surface area contributed by atoms with Gasteiger partial charge in [-0.25, -0.2) is 9.59 Å². The molecule has 9 nitrogen and oxygen atoms in total. The van der Waals surface area contributed by atoms with Gasteiger partial charge in [-0.15, -0.1) is 0 Å². The molecule has 0 spiro atoms. The molecule has 0 fully saturated rings. The zero-order valence-electron chi connectivity index (χ0n) is 29.3. The monoisotopic (exact) mass is 655 g/mol. The SMILES string of the molecule is CCC(C)(C)N(C(=O)C(CS)NC(=O)OC(C)(C)C)C(C(=O)NC(Cc1ccccc1)C(=O)OC(C)(C)C)c1cc(C)ccc1C. The number of rotatable bonds is 12. The molecule has 0 saturated carbocycles. The van der Waals surface area contributed by atoms with Crippen LogP contribution >= 0.6 is 12.6 Å². The number of nitrogens with one attached hydrogen (secondary N) is 2. The molecule has 0 aliphatic heterocycles. The molecule has 0 radical (unpaired) electrons. The largest absolute Gasteiger partial charge is 0.458 e. The lowest BCUT2D eigenvalue weighted by molar-refractivity contribution is -0.159. The van der Waals surface area contributed by atoms with Gasteiger partial charge in [0, 0.05) is 17.7 Å². The maximum Gasteiger partial charge on any atom is 0.408 e. The van der Waals surface area contributed by atoms with Crippen molar-refractivity contribution in [3.05, 3.63) is 70.8 Å².